The number of benzene rings is 1. The SMILES string of the molecule is CCN(CC)CC.OCc1ccc(CBr)cc1. The largest absolute Gasteiger partial charge is 0.392 e. The molecule has 1 rings (SSSR count). The number of halogens is 1. The van der Waals surface area contributed by atoms with Gasteiger partial charge in [0, 0.05) is 5.33 Å². The minimum absolute atomic E-state index is 0.128. The van der Waals surface area contributed by atoms with Crippen molar-refractivity contribution in [1.29, 1.82) is 0 Å². The lowest BCUT2D eigenvalue weighted by molar-refractivity contribution is 0.282. The van der Waals surface area contributed by atoms with E-state index in [-0.39, 0.29) is 6.61 Å². The molecule has 0 saturated carbocycles. The molecule has 0 unspecified atom stereocenters. The van der Waals surface area contributed by atoms with Crippen molar-refractivity contribution in [3.05, 3.63) is 35.4 Å². The van der Waals surface area contributed by atoms with Gasteiger partial charge in [-0.25, -0.2) is 0 Å². The molecule has 1 aromatic carbocycles. The first-order valence-corrected chi connectivity index (χ1v) is 7.30. The van der Waals surface area contributed by atoms with Crippen molar-refractivity contribution in [2.45, 2.75) is 32.7 Å². The first-order chi connectivity index (χ1) is 8.21. The minimum Gasteiger partial charge on any atom is -0.392 e. The van der Waals surface area contributed by atoms with Gasteiger partial charge in [-0.2, -0.15) is 0 Å². The molecule has 0 aliphatic rings. The maximum absolute atomic E-state index is 8.69. The Kier molecular flexibility index (Phi) is 10.5. The van der Waals surface area contributed by atoms with Crippen LogP contribution >= 0.6 is 15.9 Å². The van der Waals surface area contributed by atoms with Crippen LogP contribution in [0.25, 0.3) is 0 Å². The average Bonchev–Trinajstić information content (AvgIpc) is 2.41. The third-order valence-electron chi connectivity index (χ3n) is 2.70. The number of aliphatic hydroxyl groups excluding tert-OH is 1. The molecule has 0 aliphatic heterocycles. The normalized spacial score (nSPS) is 10.0. The van der Waals surface area contributed by atoms with E-state index >= 15 is 0 Å². The van der Waals surface area contributed by atoms with E-state index in [1.165, 1.54) is 25.2 Å². The maximum atomic E-state index is 8.69. The summed E-state index contributed by atoms with van der Waals surface area (Å²) >= 11 is 3.34. The summed E-state index contributed by atoms with van der Waals surface area (Å²) in [6.07, 6.45) is 0. The monoisotopic (exact) mass is 301 g/mol. The molecule has 0 amide bonds. The van der Waals surface area contributed by atoms with E-state index in [1.807, 2.05) is 24.3 Å². The Morgan fingerprint density at radius 3 is 1.59 bits per heavy atom. The van der Waals surface area contributed by atoms with Crippen LogP contribution in [-0.4, -0.2) is 29.6 Å². The number of rotatable bonds is 5. The van der Waals surface area contributed by atoms with Gasteiger partial charge in [0.25, 0.3) is 0 Å². The summed E-state index contributed by atoms with van der Waals surface area (Å²) in [5, 5.41) is 9.56. The summed E-state index contributed by atoms with van der Waals surface area (Å²) in [6.45, 7) is 10.3. The van der Waals surface area contributed by atoms with Crippen LogP contribution in [-0.2, 0) is 11.9 Å². The Morgan fingerprint density at radius 1 is 0.941 bits per heavy atom. The van der Waals surface area contributed by atoms with Gasteiger partial charge in [0.1, 0.15) is 0 Å². The zero-order chi connectivity index (χ0) is 13.1. The topological polar surface area (TPSA) is 23.5 Å². The molecule has 0 fully saturated rings. The van der Waals surface area contributed by atoms with Gasteiger partial charge >= 0.3 is 0 Å². The molecule has 0 bridgehead atoms. The van der Waals surface area contributed by atoms with E-state index in [0.717, 1.165) is 10.9 Å². The van der Waals surface area contributed by atoms with Crippen molar-refractivity contribution in [3.8, 4) is 0 Å². The molecule has 0 aliphatic carbocycles. The molecule has 0 saturated heterocycles. The van der Waals surface area contributed by atoms with Gasteiger partial charge in [-0.05, 0) is 30.8 Å². The Morgan fingerprint density at radius 2 is 1.35 bits per heavy atom. The third-order valence-corrected chi connectivity index (χ3v) is 3.35. The van der Waals surface area contributed by atoms with Crippen LogP contribution in [0.1, 0.15) is 31.9 Å². The van der Waals surface area contributed by atoms with Gasteiger partial charge in [0.05, 0.1) is 6.61 Å². The maximum Gasteiger partial charge on any atom is 0.0681 e. The summed E-state index contributed by atoms with van der Waals surface area (Å²) in [7, 11) is 0. The highest BCUT2D eigenvalue weighted by Gasteiger charge is 1.90. The van der Waals surface area contributed by atoms with Crippen molar-refractivity contribution >= 4 is 15.9 Å². The van der Waals surface area contributed by atoms with Crippen LogP contribution in [0.2, 0.25) is 0 Å². The highest BCUT2D eigenvalue weighted by Crippen LogP contribution is 2.07. The van der Waals surface area contributed by atoms with Gasteiger partial charge in [-0.3, -0.25) is 0 Å². The fraction of sp³-hybridized carbons (Fsp3) is 0.571. The van der Waals surface area contributed by atoms with Crippen LogP contribution in [0.15, 0.2) is 24.3 Å². The van der Waals surface area contributed by atoms with E-state index in [4.69, 9.17) is 5.11 Å². The van der Waals surface area contributed by atoms with Crippen molar-refractivity contribution in [3.63, 3.8) is 0 Å². The van der Waals surface area contributed by atoms with E-state index in [9.17, 15) is 0 Å². The minimum atomic E-state index is 0.128. The van der Waals surface area contributed by atoms with Crippen molar-refractivity contribution in [2.24, 2.45) is 0 Å². The summed E-state index contributed by atoms with van der Waals surface area (Å²) in [6, 6.07) is 7.85. The number of nitrogens with zero attached hydrogens (tertiary/aromatic N) is 1. The van der Waals surface area contributed by atoms with Crippen LogP contribution in [0.4, 0.5) is 0 Å². The summed E-state index contributed by atoms with van der Waals surface area (Å²) < 4.78 is 0. The molecule has 98 valence electrons. The predicted molar refractivity (Wildman–Crippen MR) is 78.5 cm³/mol. The molecule has 0 heterocycles. The van der Waals surface area contributed by atoms with E-state index < -0.39 is 0 Å². The molecule has 17 heavy (non-hydrogen) atoms. The van der Waals surface area contributed by atoms with Crippen molar-refractivity contribution in [1.82, 2.24) is 4.90 Å². The number of aliphatic hydroxyl groups is 1. The standard InChI is InChI=1S/C8H9BrO.C6H15N/c9-5-7-1-3-8(6-10)4-2-7;1-4-7(5-2)6-3/h1-4,10H,5-6H2;4-6H2,1-3H3. The zero-order valence-electron chi connectivity index (χ0n) is 11.1. The third kappa shape index (κ3) is 7.53. The Labute approximate surface area is 114 Å². The molecule has 2 nitrogen and oxygen atoms in total. The van der Waals surface area contributed by atoms with Gasteiger partial charge in [0.15, 0.2) is 0 Å². The summed E-state index contributed by atoms with van der Waals surface area (Å²) in [5.41, 5.74) is 2.20. The summed E-state index contributed by atoms with van der Waals surface area (Å²) in [5.74, 6) is 0. The molecule has 0 atom stereocenters. The second-order valence-electron chi connectivity index (χ2n) is 3.73. The van der Waals surface area contributed by atoms with E-state index in [2.05, 4.69) is 41.6 Å². The lowest BCUT2D eigenvalue weighted by Gasteiger charge is -2.13. The smallest absolute Gasteiger partial charge is 0.0681 e. The molecule has 1 aromatic rings. The predicted octanol–water partition coefficient (Wildman–Crippen LogP) is 3.42. The molecule has 0 aromatic heterocycles. The lowest BCUT2D eigenvalue weighted by Crippen LogP contribution is -2.21. The first kappa shape index (κ1) is 16.6. The first-order valence-electron chi connectivity index (χ1n) is 6.18. The second kappa shape index (κ2) is 10.8. The van der Waals surface area contributed by atoms with Crippen LogP contribution < -0.4 is 0 Å². The van der Waals surface area contributed by atoms with Gasteiger partial charge in [-0.1, -0.05) is 61.0 Å². The molecule has 3 heteroatoms. The second-order valence-corrected chi connectivity index (χ2v) is 4.29. The highest BCUT2D eigenvalue weighted by molar-refractivity contribution is 9.08. The Balaban J connectivity index is 0.000000325. The van der Waals surface area contributed by atoms with Crippen molar-refractivity contribution in [2.75, 3.05) is 19.6 Å². The van der Waals surface area contributed by atoms with Crippen molar-refractivity contribution < 1.29 is 5.11 Å². The molecule has 0 spiro atoms. The van der Waals surface area contributed by atoms with Gasteiger partial charge in [-0.15, -0.1) is 0 Å². The van der Waals surface area contributed by atoms with Gasteiger partial charge in [0.2, 0.25) is 0 Å². The Hall–Kier alpha value is -0.380. The molecular formula is C14H24BrNO. The van der Waals surface area contributed by atoms with Gasteiger partial charge < -0.3 is 10.0 Å². The number of hydrogen-bond donors (Lipinski definition) is 1. The van der Waals surface area contributed by atoms with E-state index in [1.54, 1.807) is 0 Å². The van der Waals surface area contributed by atoms with Crippen LogP contribution in [0.3, 0.4) is 0 Å². The fourth-order valence-electron chi connectivity index (χ4n) is 1.40. The Bertz CT molecular complexity index is 242. The quantitative estimate of drug-likeness (QED) is 0.843. The zero-order valence-corrected chi connectivity index (χ0v) is 12.7. The average molecular weight is 302 g/mol. The molecule has 0 radical (unpaired) electrons. The molecule has 1 N–H and O–H groups in total. The fourth-order valence-corrected chi connectivity index (χ4v) is 1.78. The van der Waals surface area contributed by atoms with Crippen LogP contribution in [0.5, 0.6) is 0 Å². The summed E-state index contributed by atoms with van der Waals surface area (Å²) in [4.78, 5) is 2.38. The van der Waals surface area contributed by atoms with E-state index in [0.29, 0.717) is 0 Å². The number of alkyl halides is 1. The molecular weight excluding hydrogens is 278 g/mol. The van der Waals surface area contributed by atoms with Crippen LogP contribution in [0, 0.1) is 0 Å². The number of hydrogen-bond acceptors (Lipinski definition) is 2. The highest BCUT2D eigenvalue weighted by atomic mass is 79.9. The lowest BCUT2D eigenvalue weighted by atomic mass is 10.2.